The van der Waals surface area contributed by atoms with Gasteiger partial charge in [-0.3, -0.25) is 0 Å². The van der Waals surface area contributed by atoms with E-state index in [0.717, 1.165) is 0 Å². The largest absolute Gasteiger partial charge is 0.358 e. The van der Waals surface area contributed by atoms with Gasteiger partial charge in [-0.05, 0) is 17.9 Å². The molecule has 1 rings (SSSR count). The van der Waals surface area contributed by atoms with Crippen LogP contribution in [0, 0.1) is 28.9 Å². The summed E-state index contributed by atoms with van der Waals surface area (Å²) < 4.78 is 0. The molecule has 6 heteroatoms. The number of aryl methyl sites for hydroxylation is 1. The summed E-state index contributed by atoms with van der Waals surface area (Å²) in [6.45, 7) is 2.12. The molecule has 1 aromatic rings. The number of hydrogen-bond donors (Lipinski definition) is 2. The number of aromatic amines is 1. The van der Waals surface area contributed by atoms with Gasteiger partial charge in [0.15, 0.2) is 5.82 Å². The molecule has 0 bridgehead atoms. The first kappa shape index (κ1) is 10.2. The lowest BCUT2D eigenvalue weighted by atomic mass is 10.4. The van der Waals surface area contributed by atoms with Gasteiger partial charge in [0.2, 0.25) is 5.69 Å². The van der Waals surface area contributed by atoms with Gasteiger partial charge >= 0.3 is 5.82 Å². The van der Waals surface area contributed by atoms with Crippen LogP contribution in [0.5, 0.6) is 0 Å². The smallest absolute Gasteiger partial charge is 0.356 e. The Kier molecular flexibility index (Phi) is 3.20. The van der Waals surface area contributed by atoms with Crippen LogP contribution >= 0.6 is 0 Å². The second-order valence-electron chi connectivity index (χ2n) is 2.61. The molecule has 1 aromatic heterocycles. The molecule has 0 saturated carbocycles. The van der Waals surface area contributed by atoms with Gasteiger partial charge in [-0.2, -0.15) is 4.98 Å². The van der Waals surface area contributed by atoms with E-state index in [9.17, 15) is 10.1 Å². The zero-order valence-corrected chi connectivity index (χ0v) is 7.92. The van der Waals surface area contributed by atoms with Crippen molar-refractivity contribution in [3.63, 3.8) is 0 Å². The molecule has 1 heterocycles. The fourth-order valence-corrected chi connectivity index (χ4v) is 0.915. The van der Waals surface area contributed by atoms with E-state index in [0.29, 0.717) is 12.4 Å². The van der Waals surface area contributed by atoms with Crippen molar-refractivity contribution < 1.29 is 4.92 Å². The summed E-state index contributed by atoms with van der Waals surface area (Å²) in [5, 5.41) is 13.3. The molecule has 6 nitrogen and oxygen atoms in total. The standard InChI is InChI=1S/C8H10N4O2/c1-6-10-7(4-3-5-9-2)8(11-6)12(13)14/h9H,5H2,1-2H3,(H,10,11). The summed E-state index contributed by atoms with van der Waals surface area (Å²) >= 11 is 0. The van der Waals surface area contributed by atoms with Gasteiger partial charge in [0.25, 0.3) is 0 Å². The predicted molar refractivity (Wildman–Crippen MR) is 50.8 cm³/mol. The molecule has 0 radical (unpaired) electrons. The van der Waals surface area contributed by atoms with E-state index in [-0.39, 0.29) is 11.5 Å². The van der Waals surface area contributed by atoms with Crippen molar-refractivity contribution in [2.45, 2.75) is 6.92 Å². The van der Waals surface area contributed by atoms with Crippen molar-refractivity contribution in [2.75, 3.05) is 13.6 Å². The van der Waals surface area contributed by atoms with Crippen LogP contribution in [0.25, 0.3) is 0 Å². The minimum atomic E-state index is -0.524. The van der Waals surface area contributed by atoms with Crippen molar-refractivity contribution in [3.05, 3.63) is 21.6 Å². The molecule has 0 spiro atoms. The third-order valence-corrected chi connectivity index (χ3v) is 1.46. The molecule has 0 amide bonds. The van der Waals surface area contributed by atoms with E-state index in [2.05, 4.69) is 27.1 Å². The van der Waals surface area contributed by atoms with Crippen LogP contribution < -0.4 is 5.32 Å². The minimum Gasteiger partial charge on any atom is -0.358 e. The second kappa shape index (κ2) is 4.39. The van der Waals surface area contributed by atoms with Crippen LogP contribution in [-0.4, -0.2) is 28.5 Å². The SMILES string of the molecule is CNCC#Cc1nc(C)[nH]c1[N+](=O)[O-]. The minimum absolute atomic E-state index is 0.147. The maximum absolute atomic E-state index is 10.5. The highest BCUT2D eigenvalue weighted by Crippen LogP contribution is 2.12. The van der Waals surface area contributed by atoms with E-state index >= 15 is 0 Å². The van der Waals surface area contributed by atoms with Gasteiger partial charge in [0.1, 0.15) is 0 Å². The van der Waals surface area contributed by atoms with E-state index in [1.54, 1.807) is 14.0 Å². The van der Waals surface area contributed by atoms with Gasteiger partial charge in [-0.15, -0.1) is 0 Å². The molecule has 0 aliphatic rings. The van der Waals surface area contributed by atoms with E-state index in [1.807, 2.05) is 0 Å². The maximum Gasteiger partial charge on any atom is 0.356 e. The third-order valence-electron chi connectivity index (χ3n) is 1.46. The molecular formula is C8H10N4O2. The Bertz CT molecular complexity index is 399. The lowest BCUT2D eigenvalue weighted by molar-refractivity contribution is -0.389. The number of H-pyrrole nitrogens is 1. The highest BCUT2D eigenvalue weighted by atomic mass is 16.6. The molecule has 0 aliphatic carbocycles. The molecule has 0 unspecified atom stereocenters. The average molecular weight is 194 g/mol. The summed E-state index contributed by atoms with van der Waals surface area (Å²) in [4.78, 5) is 16.4. The lowest BCUT2D eigenvalue weighted by Crippen LogP contribution is -2.04. The van der Waals surface area contributed by atoms with Crippen LogP contribution in [0.4, 0.5) is 5.82 Å². The number of nitrogens with one attached hydrogen (secondary N) is 2. The van der Waals surface area contributed by atoms with Crippen LogP contribution in [0.1, 0.15) is 11.5 Å². The second-order valence-corrected chi connectivity index (χ2v) is 2.61. The van der Waals surface area contributed by atoms with Gasteiger partial charge in [0, 0.05) is 6.92 Å². The van der Waals surface area contributed by atoms with Crippen LogP contribution in [-0.2, 0) is 0 Å². The zero-order chi connectivity index (χ0) is 10.6. The van der Waals surface area contributed by atoms with Gasteiger partial charge in [-0.1, -0.05) is 5.92 Å². The summed E-state index contributed by atoms with van der Waals surface area (Å²) in [6, 6.07) is 0. The number of aromatic nitrogens is 2. The topological polar surface area (TPSA) is 83.8 Å². The van der Waals surface area contributed by atoms with E-state index < -0.39 is 4.92 Å². The highest BCUT2D eigenvalue weighted by Gasteiger charge is 2.15. The molecule has 0 aliphatic heterocycles. The van der Waals surface area contributed by atoms with Crippen molar-refractivity contribution >= 4 is 5.82 Å². The molecule has 0 fully saturated rings. The molecule has 0 atom stereocenters. The molecule has 74 valence electrons. The normalized spacial score (nSPS) is 9.29. The molecule has 14 heavy (non-hydrogen) atoms. The van der Waals surface area contributed by atoms with E-state index in [1.165, 1.54) is 0 Å². The average Bonchev–Trinajstić information content (AvgIpc) is 2.47. The molecule has 2 N–H and O–H groups in total. The Morgan fingerprint density at radius 2 is 2.43 bits per heavy atom. The zero-order valence-electron chi connectivity index (χ0n) is 7.92. The summed E-state index contributed by atoms with van der Waals surface area (Å²) in [5.41, 5.74) is 0.183. The third kappa shape index (κ3) is 2.31. The number of hydrogen-bond acceptors (Lipinski definition) is 4. The number of imidazole rings is 1. The Morgan fingerprint density at radius 1 is 1.71 bits per heavy atom. The van der Waals surface area contributed by atoms with Crippen molar-refractivity contribution in [3.8, 4) is 11.8 Å². The van der Waals surface area contributed by atoms with Crippen LogP contribution in [0.3, 0.4) is 0 Å². The number of nitro groups is 1. The van der Waals surface area contributed by atoms with Crippen molar-refractivity contribution in [1.82, 2.24) is 15.3 Å². The Hall–Kier alpha value is -1.87. The lowest BCUT2D eigenvalue weighted by Gasteiger charge is -1.88. The summed E-state index contributed by atoms with van der Waals surface area (Å²) in [5.74, 6) is 5.68. The molecular weight excluding hydrogens is 184 g/mol. The van der Waals surface area contributed by atoms with E-state index in [4.69, 9.17) is 0 Å². The first-order valence-corrected chi connectivity index (χ1v) is 3.99. The fourth-order valence-electron chi connectivity index (χ4n) is 0.915. The fraction of sp³-hybridized carbons (Fsp3) is 0.375. The maximum atomic E-state index is 10.5. The molecule has 0 saturated heterocycles. The Morgan fingerprint density at radius 3 is 3.00 bits per heavy atom. The van der Waals surface area contributed by atoms with Crippen LogP contribution in [0.15, 0.2) is 0 Å². The van der Waals surface area contributed by atoms with Crippen molar-refractivity contribution in [2.24, 2.45) is 0 Å². The number of rotatable bonds is 2. The summed E-state index contributed by atoms with van der Waals surface area (Å²) in [7, 11) is 1.75. The van der Waals surface area contributed by atoms with Crippen LogP contribution in [0.2, 0.25) is 0 Å². The first-order valence-electron chi connectivity index (χ1n) is 3.99. The van der Waals surface area contributed by atoms with Crippen molar-refractivity contribution in [1.29, 1.82) is 0 Å². The monoisotopic (exact) mass is 194 g/mol. The first-order chi connectivity index (χ1) is 6.65. The quantitative estimate of drug-likeness (QED) is 0.400. The Labute approximate surface area is 80.9 Å². The van der Waals surface area contributed by atoms with Gasteiger partial charge in [0.05, 0.1) is 6.54 Å². The highest BCUT2D eigenvalue weighted by molar-refractivity contribution is 5.42. The Balaban J connectivity index is 2.97. The molecule has 0 aromatic carbocycles. The van der Waals surface area contributed by atoms with Gasteiger partial charge in [-0.25, -0.2) is 4.98 Å². The predicted octanol–water partition coefficient (Wildman–Crippen LogP) is 0.197. The van der Waals surface area contributed by atoms with Gasteiger partial charge < -0.3 is 15.4 Å². The summed E-state index contributed by atoms with van der Waals surface area (Å²) in [6.07, 6.45) is 0. The number of nitrogens with zero attached hydrogens (tertiary/aromatic N) is 2.